The zero-order chi connectivity index (χ0) is 7.14. The van der Waals surface area contributed by atoms with E-state index in [1.54, 1.807) is 6.20 Å². The molecule has 0 spiro atoms. The van der Waals surface area contributed by atoms with Gasteiger partial charge in [0.1, 0.15) is 5.82 Å². The van der Waals surface area contributed by atoms with Crippen LogP contribution in [-0.4, -0.2) is 17.1 Å². The van der Waals surface area contributed by atoms with Gasteiger partial charge in [-0.15, -0.1) is 0 Å². The van der Waals surface area contributed by atoms with Crippen molar-refractivity contribution in [1.29, 1.82) is 0 Å². The molecule has 0 radical (unpaired) electrons. The first-order chi connectivity index (χ1) is 4.79. The standard InChI is InChI=1S/C6H5N3O/c7-5-3-1-9-6(10)4(3)2-8-5/h1-2,8H,7H2. The lowest BCUT2D eigenvalue weighted by molar-refractivity contribution is 0.101. The fourth-order valence-corrected chi connectivity index (χ4v) is 0.959. The third-order valence-corrected chi connectivity index (χ3v) is 1.49. The molecule has 4 heteroatoms. The van der Waals surface area contributed by atoms with Crippen molar-refractivity contribution in [1.82, 2.24) is 4.98 Å². The number of nitrogens with one attached hydrogen (secondary N) is 1. The maximum absolute atomic E-state index is 10.8. The van der Waals surface area contributed by atoms with E-state index in [0.29, 0.717) is 16.9 Å². The van der Waals surface area contributed by atoms with E-state index < -0.39 is 0 Å². The molecule has 0 saturated heterocycles. The largest absolute Gasteiger partial charge is 0.385 e. The molecule has 0 saturated carbocycles. The summed E-state index contributed by atoms with van der Waals surface area (Å²) in [5, 5.41) is 0. The second-order valence-electron chi connectivity index (χ2n) is 2.09. The molecule has 0 aliphatic carbocycles. The molecule has 2 heterocycles. The second kappa shape index (κ2) is 1.47. The van der Waals surface area contributed by atoms with Crippen LogP contribution in [0.1, 0.15) is 15.9 Å². The number of fused-ring (bicyclic) bond motifs is 1. The molecule has 0 bridgehead atoms. The number of nitrogens with zero attached hydrogens (tertiary/aromatic N) is 1. The minimum atomic E-state index is -0.219. The number of carbonyl (C=O) groups is 1. The van der Waals surface area contributed by atoms with Crippen LogP contribution in [-0.2, 0) is 0 Å². The number of hydrogen-bond acceptors (Lipinski definition) is 2. The summed E-state index contributed by atoms with van der Waals surface area (Å²) in [5.74, 6) is 0.285. The van der Waals surface area contributed by atoms with Crippen LogP contribution in [0.15, 0.2) is 11.2 Å². The van der Waals surface area contributed by atoms with Crippen molar-refractivity contribution >= 4 is 17.9 Å². The summed E-state index contributed by atoms with van der Waals surface area (Å²) in [4.78, 5) is 17.1. The van der Waals surface area contributed by atoms with Gasteiger partial charge in [-0.25, -0.2) is 4.99 Å². The zero-order valence-corrected chi connectivity index (χ0v) is 5.09. The van der Waals surface area contributed by atoms with Crippen LogP contribution >= 0.6 is 0 Å². The number of nitrogen functional groups attached to an aromatic ring is 1. The summed E-state index contributed by atoms with van der Waals surface area (Å²) in [6.07, 6.45) is 3.05. The summed E-state index contributed by atoms with van der Waals surface area (Å²) in [6.45, 7) is 0. The number of hydrogen-bond donors (Lipinski definition) is 2. The highest BCUT2D eigenvalue weighted by Gasteiger charge is 2.18. The molecular formula is C6H5N3O. The predicted octanol–water partition coefficient (Wildman–Crippen LogP) is 0.170. The summed E-state index contributed by atoms with van der Waals surface area (Å²) in [7, 11) is 0. The van der Waals surface area contributed by atoms with Crippen LogP contribution in [0.5, 0.6) is 0 Å². The van der Waals surface area contributed by atoms with Crippen molar-refractivity contribution in [2.24, 2.45) is 4.99 Å². The Morgan fingerprint density at radius 2 is 2.40 bits per heavy atom. The molecule has 1 aromatic heterocycles. The smallest absolute Gasteiger partial charge is 0.279 e. The number of rotatable bonds is 0. The van der Waals surface area contributed by atoms with Crippen LogP contribution in [0.4, 0.5) is 5.82 Å². The number of nitrogens with two attached hydrogens (primary N) is 1. The topological polar surface area (TPSA) is 71.2 Å². The van der Waals surface area contributed by atoms with Gasteiger partial charge in [0, 0.05) is 18.0 Å². The van der Waals surface area contributed by atoms with Gasteiger partial charge in [0.25, 0.3) is 5.91 Å². The molecule has 1 aliphatic rings. The number of H-pyrrole nitrogens is 1. The number of aromatic amines is 1. The van der Waals surface area contributed by atoms with E-state index in [9.17, 15) is 4.79 Å². The molecule has 0 fully saturated rings. The molecule has 2 rings (SSSR count). The third kappa shape index (κ3) is 0.452. The Balaban J connectivity index is 2.73. The zero-order valence-electron chi connectivity index (χ0n) is 5.09. The predicted molar refractivity (Wildman–Crippen MR) is 37.1 cm³/mol. The molecule has 0 aromatic carbocycles. The molecule has 0 unspecified atom stereocenters. The Hall–Kier alpha value is -1.58. The average molecular weight is 135 g/mol. The van der Waals surface area contributed by atoms with Gasteiger partial charge in [-0.3, -0.25) is 4.79 Å². The van der Waals surface area contributed by atoms with E-state index in [1.807, 2.05) is 0 Å². The lowest BCUT2D eigenvalue weighted by Gasteiger charge is -1.83. The first kappa shape index (κ1) is 5.22. The Kier molecular flexibility index (Phi) is 0.768. The van der Waals surface area contributed by atoms with Gasteiger partial charge in [-0.1, -0.05) is 0 Å². The van der Waals surface area contributed by atoms with E-state index in [1.165, 1.54) is 6.21 Å². The molecule has 4 nitrogen and oxygen atoms in total. The monoisotopic (exact) mass is 135 g/mol. The Morgan fingerprint density at radius 1 is 1.60 bits per heavy atom. The summed E-state index contributed by atoms with van der Waals surface area (Å²) < 4.78 is 0. The summed E-state index contributed by atoms with van der Waals surface area (Å²) in [6, 6.07) is 0. The molecule has 10 heavy (non-hydrogen) atoms. The van der Waals surface area contributed by atoms with Crippen molar-refractivity contribution in [3.05, 3.63) is 17.3 Å². The SMILES string of the molecule is Nc1[nH]cc2c1C=NC2=O. The number of anilines is 1. The van der Waals surface area contributed by atoms with E-state index in [0.717, 1.165) is 0 Å². The Bertz CT molecular complexity index is 324. The van der Waals surface area contributed by atoms with Gasteiger partial charge in [-0.05, 0) is 0 Å². The minimum Gasteiger partial charge on any atom is -0.385 e. The van der Waals surface area contributed by atoms with Gasteiger partial charge in [0.2, 0.25) is 0 Å². The molecule has 50 valence electrons. The molecule has 3 N–H and O–H groups in total. The highest BCUT2D eigenvalue weighted by molar-refractivity contribution is 6.15. The molecule has 1 aromatic rings. The molecule has 1 amide bonds. The highest BCUT2D eigenvalue weighted by atomic mass is 16.1. The lowest BCUT2D eigenvalue weighted by atomic mass is 10.2. The van der Waals surface area contributed by atoms with Crippen LogP contribution in [0.25, 0.3) is 0 Å². The van der Waals surface area contributed by atoms with Crippen molar-refractivity contribution in [3.63, 3.8) is 0 Å². The molecule has 0 atom stereocenters. The van der Waals surface area contributed by atoms with E-state index >= 15 is 0 Å². The maximum Gasteiger partial charge on any atom is 0.279 e. The normalized spacial score (nSPS) is 14.2. The number of amides is 1. The van der Waals surface area contributed by atoms with E-state index in [2.05, 4.69) is 9.98 Å². The molecule has 1 aliphatic heterocycles. The van der Waals surface area contributed by atoms with Crippen molar-refractivity contribution in [3.8, 4) is 0 Å². The van der Waals surface area contributed by atoms with Crippen LogP contribution in [0, 0.1) is 0 Å². The lowest BCUT2D eigenvalue weighted by Crippen LogP contribution is -1.89. The maximum atomic E-state index is 10.8. The van der Waals surface area contributed by atoms with E-state index in [-0.39, 0.29) is 5.91 Å². The van der Waals surface area contributed by atoms with Gasteiger partial charge >= 0.3 is 0 Å². The average Bonchev–Trinajstić information content (AvgIpc) is 2.41. The second-order valence-corrected chi connectivity index (χ2v) is 2.09. The van der Waals surface area contributed by atoms with Crippen LogP contribution < -0.4 is 5.73 Å². The Morgan fingerprint density at radius 3 is 3.10 bits per heavy atom. The van der Waals surface area contributed by atoms with Crippen LogP contribution in [0.3, 0.4) is 0 Å². The quantitative estimate of drug-likeness (QED) is 0.532. The minimum absolute atomic E-state index is 0.219. The number of carbonyl (C=O) groups excluding carboxylic acids is 1. The van der Waals surface area contributed by atoms with E-state index in [4.69, 9.17) is 5.73 Å². The highest BCUT2D eigenvalue weighted by Crippen LogP contribution is 2.18. The first-order valence-electron chi connectivity index (χ1n) is 2.84. The van der Waals surface area contributed by atoms with Gasteiger partial charge in [0.15, 0.2) is 0 Å². The van der Waals surface area contributed by atoms with Gasteiger partial charge in [-0.2, -0.15) is 0 Å². The van der Waals surface area contributed by atoms with Crippen LogP contribution in [0.2, 0.25) is 0 Å². The fraction of sp³-hybridized carbons (Fsp3) is 0. The Labute approximate surface area is 56.8 Å². The fourth-order valence-electron chi connectivity index (χ4n) is 0.959. The van der Waals surface area contributed by atoms with Crippen molar-refractivity contribution < 1.29 is 4.79 Å². The molecular weight excluding hydrogens is 130 g/mol. The number of aliphatic imine (C=N–C) groups is 1. The van der Waals surface area contributed by atoms with Crippen molar-refractivity contribution in [2.45, 2.75) is 0 Å². The van der Waals surface area contributed by atoms with Crippen molar-refractivity contribution in [2.75, 3.05) is 5.73 Å². The first-order valence-corrected chi connectivity index (χ1v) is 2.84. The number of aromatic nitrogens is 1. The van der Waals surface area contributed by atoms with Gasteiger partial charge < -0.3 is 10.7 Å². The summed E-state index contributed by atoms with van der Waals surface area (Å²) >= 11 is 0. The summed E-state index contributed by atoms with van der Waals surface area (Å²) in [5.41, 5.74) is 6.74. The van der Waals surface area contributed by atoms with Gasteiger partial charge in [0.05, 0.1) is 5.56 Å². The third-order valence-electron chi connectivity index (χ3n) is 1.49.